The third-order valence-electron chi connectivity index (χ3n) is 1.28. The van der Waals surface area contributed by atoms with Crippen molar-refractivity contribution in [2.45, 2.75) is 13.8 Å². The highest BCUT2D eigenvalue weighted by Gasteiger charge is 2.01. The molecule has 100 valence electrons. The number of carboxylic acids is 1. The van der Waals surface area contributed by atoms with Crippen molar-refractivity contribution >= 4 is 16.1 Å². The molecule has 0 radical (unpaired) electrons. The molecule has 0 unspecified atom stereocenters. The van der Waals surface area contributed by atoms with E-state index in [1.807, 2.05) is 0 Å². The van der Waals surface area contributed by atoms with E-state index >= 15 is 0 Å². The Labute approximate surface area is 106 Å². The van der Waals surface area contributed by atoms with Crippen LogP contribution in [0.5, 0.6) is 0 Å². The number of hydrogen-bond donors (Lipinski definition) is 2. The Kier molecular flexibility index (Phi) is 9.39. The maximum Gasteiger partial charge on any atom is 0.331 e. The Morgan fingerprint density at radius 2 is 1.94 bits per heavy atom. The van der Waals surface area contributed by atoms with E-state index in [4.69, 9.17) is 14.9 Å². The van der Waals surface area contributed by atoms with Crippen LogP contribution in [-0.4, -0.2) is 29.8 Å². The van der Waals surface area contributed by atoms with Gasteiger partial charge in [0.05, 0.1) is 11.8 Å². The lowest BCUT2D eigenvalue weighted by Crippen LogP contribution is -2.03. The second-order valence-corrected chi connectivity index (χ2v) is 4.78. The number of rotatable bonds is 4. The standard InChI is InChI=1S/C7H7NO2.C4H8O3S/c1-6(7(9)10)4-2-3-5-8;1-4(2)3-8(5,6)7/h2-4H,1H3,(H,9,10);1,3H2,2H3,(H,5,6,7). The molecule has 0 aromatic rings. The monoisotopic (exact) mass is 273 g/mol. The van der Waals surface area contributed by atoms with Crippen LogP contribution < -0.4 is 0 Å². The summed E-state index contributed by atoms with van der Waals surface area (Å²) < 4.78 is 28.0. The van der Waals surface area contributed by atoms with Gasteiger partial charge in [-0.2, -0.15) is 13.7 Å². The lowest BCUT2D eigenvalue weighted by molar-refractivity contribution is -0.132. The smallest absolute Gasteiger partial charge is 0.331 e. The first kappa shape index (κ1) is 18.5. The number of allylic oxidation sites excluding steroid dienone is 3. The van der Waals surface area contributed by atoms with E-state index in [0.717, 1.165) is 0 Å². The van der Waals surface area contributed by atoms with Gasteiger partial charge in [-0.05, 0) is 13.8 Å². The third kappa shape index (κ3) is 16.5. The average Bonchev–Trinajstić information content (AvgIpc) is 2.14. The van der Waals surface area contributed by atoms with Crippen molar-refractivity contribution in [1.82, 2.24) is 0 Å². The molecule has 6 nitrogen and oxygen atoms in total. The zero-order chi connectivity index (χ0) is 14.8. The predicted octanol–water partition coefficient (Wildman–Crippen LogP) is 1.55. The minimum atomic E-state index is -3.82. The van der Waals surface area contributed by atoms with Gasteiger partial charge in [-0.25, -0.2) is 4.79 Å². The van der Waals surface area contributed by atoms with Crippen molar-refractivity contribution in [2.75, 3.05) is 5.75 Å². The summed E-state index contributed by atoms with van der Waals surface area (Å²) >= 11 is 0. The third-order valence-corrected chi connectivity index (χ3v) is 2.14. The Morgan fingerprint density at radius 1 is 1.44 bits per heavy atom. The van der Waals surface area contributed by atoms with E-state index in [-0.39, 0.29) is 11.3 Å². The number of carboxylic acid groups (broad SMARTS) is 1. The first-order valence-electron chi connectivity index (χ1n) is 4.66. The molecular formula is C11H15NO5S. The van der Waals surface area contributed by atoms with Crippen molar-refractivity contribution in [3.05, 3.63) is 36.0 Å². The van der Waals surface area contributed by atoms with Crippen LogP contribution in [0.1, 0.15) is 13.8 Å². The second kappa shape index (κ2) is 9.15. The van der Waals surface area contributed by atoms with Crippen LogP contribution in [0, 0.1) is 11.3 Å². The number of nitrogens with zero attached hydrogens (tertiary/aromatic N) is 1. The van der Waals surface area contributed by atoms with Gasteiger partial charge in [0.15, 0.2) is 0 Å². The van der Waals surface area contributed by atoms with E-state index in [0.29, 0.717) is 5.57 Å². The van der Waals surface area contributed by atoms with Crippen molar-refractivity contribution in [1.29, 1.82) is 5.26 Å². The fourth-order valence-corrected chi connectivity index (χ4v) is 1.24. The van der Waals surface area contributed by atoms with E-state index in [2.05, 4.69) is 6.58 Å². The fraction of sp³-hybridized carbons (Fsp3) is 0.273. The Morgan fingerprint density at radius 3 is 2.17 bits per heavy atom. The highest BCUT2D eigenvalue weighted by molar-refractivity contribution is 7.85. The summed E-state index contributed by atoms with van der Waals surface area (Å²) in [6.07, 6.45) is 3.97. The number of hydrogen-bond acceptors (Lipinski definition) is 4. The first-order valence-corrected chi connectivity index (χ1v) is 6.27. The topological polar surface area (TPSA) is 115 Å². The SMILES string of the molecule is C=C(C)CS(=O)(=O)O.CC(=CC=CC#N)C(=O)O. The van der Waals surface area contributed by atoms with Gasteiger partial charge in [0, 0.05) is 11.6 Å². The number of aliphatic carboxylic acids is 1. The van der Waals surface area contributed by atoms with E-state index in [1.165, 1.54) is 32.1 Å². The van der Waals surface area contributed by atoms with Gasteiger partial charge >= 0.3 is 5.97 Å². The summed E-state index contributed by atoms with van der Waals surface area (Å²) in [5.41, 5.74) is 0.652. The molecule has 0 saturated carbocycles. The van der Waals surface area contributed by atoms with Crippen LogP contribution in [0.15, 0.2) is 36.0 Å². The van der Waals surface area contributed by atoms with Gasteiger partial charge in [-0.15, -0.1) is 0 Å². The Balaban J connectivity index is 0. The normalized spacial score (nSPS) is 11.3. The summed E-state index contributed by atoms with van der Waals surface area (Å²) in [6, 6.07) is 1.74. The van der Waals surface area contributed by atoms with Gasteiger partial charge in [-0.3, -0.25) is 4.55 Å². The molecule has 0 amide bonds. The molecule has 0 spiro atoms. The minimum absolute atomic E-state index is 0.214. The van der Waals surface area contributed by atoms with Crippen molar-refractivity contribution in [3.8, 4) is 6.07 Å². The molecular weight excluding hydrogens is 258 g/mol. The Bertz CT molecular complexity index is 494. The van der Waals surface area contributed by atoms with Gasteiger partial charge < -0.3 is 5.11 Å². The fourth-order valence-electron chi connectivity index (χ4n) is 0.618. The maximum absolute atomic E-state index is 10.1. The molecule has 0 aliphatic carbocycles. The van der Waals surface area contributed by atoms with Gasteiger partial charge in [-0.1, -0.05) is 24.3 Å². The molecule has 0 saturated heterocycles. The Hall–Kier alpha value is -1.91. The van der Waals surface area contributed by atoms with Crippen LogP contribution in [-0.2, 0) is 14.9 Å². The number of carbonyl (C=O) groups is 1. The van der Waals surface area contributed by atoms with Crippen LogP contribution in [0.25, 0.3) is 0 Å². The maximum atomic E-state index is 10.1. The van der Waals surface area contributed by atoms with Crippen LogP contribution in [0.3, 0.4) is 0 Å². The highest BCUT2D eigenvalue weighted by Crippen LogP contribution is 1.92. The second-order valence-electron chi connectivity index (χ2n) is 3.33. The molecule has 0 atom stereocenters. The lowest BCUT2D eigenvalue weighted by atomic mass is 10.3. The quantitative estimate of drug-likeness (QED) is 0.264. The molecule has 7 heteroatoms. The zero-order valence-electron chi connectivity index (χ0n) is 10.1. The molecule has 0 aliphatic heterocycles. The van der Waals surface area contributed by atoms with E-state index in [9.17, 15) is 13.2 Å². The van der Waals surface area contributed by atoms with Gasteiger partial charge in [0.1, 0.15) is 0 Å². The summed E-state index contributed by atoms with van der Waals surface area (Å²) in [7, 11) is -3.82. The van der Waals surface area contributed by atoms with Crippen LogP contribution >= 0.6 is 0 Å². The lowest BCUT2D eigenvalue weighted by Gasteiger charge is -1.90. The molecule has 0 aromatic heterocycles. The zero-order valence-corrected chi connectivity index (χ0v) is 10.9. The molecule has 0 bridgehead atoms. The first-order chi connectivity index (χ1) is 8.10. The van der Waals surface area contributed by atoms with Crippen molar-refractivity contribution in [2.24, 2.45) is 0 Å². The largest absolute Gasteiger partial charge is 0.478 e. The van der Waals surface area contributed by atoms with Crippen LogP contribution in [0.4, 0.5) is 0 Å². The molecule has 0 fully saturated rings. The summed E-state index contributed by atoms with van der Waals surface area (Å²) in [5.74, 6) is -1.31. The van der Waals surface area contributed by atoms with Crippen LogP contribution in [0.2, 0.25) is 0 Å². The summed E-state index contributed by atoms with van der Waals surface area (Å²) in [6.45, 7) is 6.30. The molecule has 0 aliphatic rings. The average molecular weight is 273 g/mol. The van der Waals surface area contributed by atoms with Crippen molar-refractivity contribution < 1.29 is 22.9 Å². The molecule has 2 N–H and O–H groups in total. The van der Waals surface area contributed by atoms with Gasteiger partial charge in [0.25, 0.3) is 10.1 Å². The van der Waals surface area contributed by atoms with E-state index < -0.39 is 16.1 Å². The summed E-state index contributed by atoms with van der Waals surface area (Å²) in [4.78, 5) is 10.1. The van der Waals surface area contributed by atoms with Crippen molar-refractivity contribution in [3.63, 3.8) is 0 Å². The molecule has 18 heavy (non-hydrogen) atoms. The minimum Gasteiger partial charge on any atom is -0.478 e. The highest BCUT2D eigenvalue weighted by atomic mass is 32.2. The molecule has 0 heterocycles. The van der Waals surface area contributed by atoms with Gasteiger partial charge in [0.2, 0.25) is 0 Å². The predicted molar refractivity (Wildman–Crippen MR) is 67.4 cm³/mol. The number of nitriles is 1. The molecule has 0 aromatic carbocycles. The molecule has 0 rings (SSSR count). The van der Waals surface area contributed by atoms with E-state index in [1.54, 1.807) is 6.07 Å². The summed E-state index contributed by atoms with van der Waals surface area (Å²) in [5, 5.41) is 16.3.